The first kappa shape index (κ1) is 15.6. The molecule has 1 amide bonds. The van der Waals surface area contributed by atoms with E-state index in [-0.39, 0.29) is 6.61 Å². The molecular weight excluding hydrogens is 302 g/mol. The van der Waals surface area contributed by atoms with Crippen molar-refractivity contribution in [1.82, 2.24) is 4.57 Å². The van der Waals surface area contributed by atoms with Crippen LogP contribution >= 0.6 is 0 Å². The number of nitrogens with zero attached hydrogens (tertiary/aromatic N) is 2. The van der Waals surface area contributed by atoms with Crippen LogP contribution in [0.3, 0.4) is 0 Å². The number of aromatic nitrogens is 1. The molecule has 1 heterocycles. The SMILES string of the molecule is N#Cc1ccc2c(CCOC(N)=O)cn(Cc3ccccc3)c2c1. The molecule has 0 atom stereocenters. The van der Waals surface area contributed by atoms with Gasteiger partial charge in [0.05, 0.1) is 18.2 Å². The molecule has 2 N–H and O–H groups in total. The minimum absolute atomic E-state index is 0.236. The second-order valence-electron chi connectivity index (χ2n) is 5.53. The monoisotopic (exact) mass is 319 g/mol. The van der Waals surface area contributed by atoms with Crippen LogP contribution < -0.4 is 5.73 Å². The van der Waals surface area contributed by atoms with Crippen LogP contribution in [-0.4, -0.2) is 17.3 Å². The number of carbonyl (C=O) groups excluding carboxylic acids is 1. The molecule has 5 nitrogen and oxygen atoms in total. The topological polar surface area (TPSA) is 81.0 Å². The van der Waals surface area contributed by atoms with Gasteiger partial charge in [0.25, 0.3) is 0 Å². The Morgan fingerprint density at radius 3 is 2.71 bits per heavy atom. The summed E-state index contributed by atoms with van der Waals surface area (Å²) in [4.78, 5) is 10.7. The predicted octanol–water partition coefficient (Wildman–Crippen LogP) is 3.20. The van der Waals surface area contributed by atoms with Crippen LogP contribution in [0.25, 0.3) is 10.9 Å². The molecule has 0 bridgehead atoms. The molecule has 24 heavy (non-hydrogen) atoms. The van der Waals surface area contributed by atoms with Gasteiger partial charge in [0.15, 0.2) is 0 Å². The van der Waals surface area contributed by atoms with Gasteiger partial charge in [-0.05, 0) is 23.3 Å². The smallest absolute Gasteiger partial charge is 0.404 e. The number of benzene rings is 2. The van der Waals surface area contributed by atoms with Crippen LogP contribution in [0.2, 0.25) is 0 Å². The maximum absolute atomic E-state index is 10.7. The van der Waals surface area contributed by atoms with E-state index >= 15 is 0 Å². The number of rotatable bonds is 5. The Hall–Kier alpha value is -3.26. The van der Waals surface area contributed by atoms with Gasteiger partial charge in [-0.3, -0.25) is 0 Å². The molecule has 0 spiro atoms. The summed E-state index contributed by atoms with van der Waals surface area (Å²) in [5, 5.41) is 10.2. The number of nitriles is 1. The summed E-state index contributed by atoms with van der Waals surface area (Å²) in [5.41, 5.74) is 8.86. The normalized spacial score (nSPS) is 10.5. The summed E-state index contributed by atoms with van der Waals surface area (Å²) >= 11 is 0. The van der Waals surface area contributed by atoms with Gasteiger partial charge >= 0.3 is 6.09 Å². The van der Waals surface area contributed by atoms with Crippen molar-refractivity contribution in [3.8, 4) is 6.07 Å². The van der Waals surface area contributed by atoms with Crippen molar-refractivity contribution in [1.29, 1.82) is 5.26 Å². The maximum atomic E-state index is 10.7. The van der Waals surface area contributed by atoms with Crippen molar-refractivity contribution in [2.24, 2.45) is 5.73 Å². The molecule has 0 unspecified atom stereocenters. The van der Waals surface area contributed by atoms with Crippen LogP contribution in [0.1, 0.15) is 16.7 Å². The minimum atomic E-state index is -0.769. The van der Waals surface area contributed by atoms with Gasteiger partial charge in [0.2, 0.25) is 0 Å². The lowest BCUT2D eigenvalue weighted by Crippen LogP contribution is -2.14. The van der Waals surface area contributed by atoms with Crippen LogP contribution in [-0.2, 0) is 17.7 Å². The van der Waals surface area contributed by atoms with E-state index in [2.05, 4.69) is 22.8 Å². The second kappa shape index (κ2) is 6.88. The van der Waals surface area contributed by atoms with Crippen molar-refractivity contribution in [3.63, 3.8) is 0 Å². The Balaban J connectivity index is 1.97. The highest BCUT2D eigenvalue weighted by atomic mass is 16.5. The van der Waals surface area contributed by atoms with E-state index in [9.17, 15) is 4.79 Å². The summed E-state index contributed by atoms with van der Waals surface area (Å²) < 4.78 is 6.96. The average Bonchev–Trinajstić information content (AvgIpc) is 2.92. The second-order valence-corrected chi connectivity index (χ2v) is 5.53. The molecule has 2 aromatic carbocycles. The fourth-order valence-corrected chi connectivity index (χ4v) is 2.81. The lowest BCUT2D eigenvalue weighted by Gasteiger charge is -2.05. The first-order valence-corrected chi connectivity index (χ1v) is 7.65. The molecule has 0 aliphatic heterocycles. The fraction of sp³-hybridized carbons (Fsp3) is 0.158. The van der Waals surface area contributed by atoms with Crippen LogP contribution in [0.15, 0.2) is 54.7 Å². The number of carbonyl (C=O) groups is 1. The molecule has 0 aliphatic carbocycles. The number of amides is 1. The highest BCUT2D eigenvalue weighted by molar-refractivity contribution is 5.85. The number of hydrogen-bond acceptors (Lipinski definition) is 3. The molecule has 3 aromatic rings. The molecule has 0 aliphatic rings. The van der Waals surface area contributed by atoms with E-state index in [4.69, 9.17) is 15.7 Å². The molecule has 5 heteroatoms. The third kappa shape index (κ3) is 3.39. The van der Waals surface area contributed by atoms with Crippen LogP contribution in [0.4, 0.5) is 4.79 Å². The molecule has 0 saturated heterocycles. The zero-order valence-electron chi connectivity index (χ0n) is 13.1. The summed E-state index contributed by atoms with van der Waals surface area (Å²) in [6, 6.07) is 17.9. The van der Waals surface area contributed by atoms with Crippen LogP contribution in [0, 0.1) is 11.3 Å². The van der Waals surface area contributed by atoms with Crippen molar-refractivity contribution >= 4 is 17.0 Å². The quantitative estimate of drug-likeness (QED) is 0.784. The highest BCUT2D eigenvalue weighted by Crippen LogP contribution is 2.24. The van der Waals surface area contributed by atoms with E-state index in [0.29, 0.717) is 18.5 Å². The minimum Gasteiger partial charge on any atom is -0.449 e. The molecule has 3 rings (SSSR count). The predicted molar refractivity (Wildman–Crippen MR) is 91.4 cm³/mol. The van der Waals surface area contributed by atoms with Crippen LogP contribution in [0.5, 0.6) is 0 Å². The summed E-state index contributed by atoms with van der Waals surface area (Å²) in [7, 11) is 0. The Labute approximate surface area is 139 Å². The van der Waals surface area contributed by atoms with Gasteiger partial charge in [-0.1, -0.05) is 36.4 Å². The van der Waals surface area contributed by atoms with E-state index in [1.54, 1.807) is 6.07 Å². The Morgan fingerprint density at radius 1 is 1.21 bits per heavy atom. The van der Waals surface area contributed by atoms with E-state index < -0.39 is 6.09 Å². The third-order valence-corrected chi connectivity index (χ3v) is 3.91. The summed E-state index contributed by atoms with van der Waals surface area (Å²) in [6.45, 7) is 0.947. The zero-order chi connectivity index (χ0) is 16.9. The molecule has 1 aromatic heterocycles. The van der Waals surface area contributed by atoms with Gasteiger partial charge in [0.1, 0.15) is 0 Å². The first-order valence-electron chi connectivity index (χ1n) is 7.65. The number of fused-ring (bicyclic) bond motifs is 1. The molecule has 0 fully saturated rings. The molecule has 120 valence electrons. The number of nitrogens with two attached hydrogens (primary N) is 1. The van der Waals surface area contributed by atoms with E-state index in [0.717, 1.165) is 16.5 Å². The number of primary amides is 1. The van der Waals surface area contributed by atoms with Crippen molar-refractivity contribution < 1.29 is 9.53 Å². The van der Waals surface area contributed by atoms with Crippen molar-refractivity contribution in [3.05, 3.63) is 71.4 Å². The summed E-state index contributed by atoms with van der Waals surface area (Å²) in [6.07, 6.45) is 1.85. The van der Waals surface area contributed by atoms with Gasteiger partial charge in [-0.2, -0.15) is 5.26 Å². The van der Waals surface area contributed by atoms with Gasteiger partial charge in [0, 0.05) is 30.1 Å². The first-order chi connectivity index (χ1) is 11.7. The lowest BCUT2D eigenvalue weighted by molar-refractivity contribution is 0.158. The average molecular weight is 319 g/mol. The van der Waals surface area contributed by atoms with Gasteiger partial charge < -0.3 is 15.0 Å². The Bertz CT molecular complexity index is 908. The third-order valence-electron chi connectivity index (χ3n) is 3.91. The standard InChI is InChI=1S/C19H17N3O2/c20-11-15-6-7-17-16(8-9-24-19(21)23)13-22(18(17)10-15)12-14-4-2-1-3-5-14/h1-7,10,13H,8-9,12H2,(H2,21,23). The number of ether oxygens (including phenoxy) is 1. The lowest BCUT2D eigenvalue weighted by atomic mass is 10.1. The van der Waals surface area contributed by atoms with Crippen molar-refractivity contribution in [2.75, 3.05) is 6.61 Å². The maximum Gasteiger partial charge on any atom is 0.404 e. The van der Waals surface area contributed by atoms with Gasteiger partial charge in [-0.15, -0.1) is 0 Å². The largest absolute Gasteiger partial charge is 0.449 e. The summed E-state index contributed by atoms with van der Waals surface area (Å²) in [5.74, 6) is 0. The molecular formula is C19H17N3O2. The molecule has 0 saturated carbocycles. The van der Waals surface area contributed by atoms with Gasteiger partial charge in [-0.25, -0.2) is 4.79 Å². The highest BCUT2D eigenvalue weighted by Gasteiger charge is 2.10. The molecule has 0 radical (unpaired) electrons. The Kier molecular flexibility index (Phi) is 4.48. The number of hydrogen-bond donors (Lipinski definition) is 1. The fourth-order valence-electron chi connectivity index (χ4n) is 2.81. The van der Waals surface area contributed by atoms with Crippen molar-refractivity contribution in [2.45, 2.75) is 13.0 Å². The van der Waals surface area contributed by atoms with E-state index in [1.165, 1.54) is 5.56 Å². The van der Waals surface area contributed by atoms with E-state index in [1.807, 2.05) is 36.5 Å². The zero-order valence-corrected chi connectivity index (χ0v) is 13.1. The Morgan fingerprint density at radius 2 is 2.00 bits per heavy atom.